The second-order valence-corrected chi connectivity index (χ2v) is 10.8. The fourth-order valence-electron chi connectivity index (χ4n) is 5.45. The summed E-state index contributed by atoms with van der Waals surface area (Å²) in [5, 5.41) is 5.03. The molecule has 5 heteroatoms. The molecule has 2 aliphatic rings. The second kappa shape index (κ2) is 10.7. The summed E-state index contributed by atoms with van der Waals surface area (Å²) in [4.78, 5) is 4.68. The van der Waals surface area contributed by atoms with Gasteiger partial charge < -0.3 is 10.1 Å². The van der Waals surface area contributed by atoms with Gasteiger partial charge in [0.1, 0.15) is 12.4 Å². The van der Waals surface area contributed by atoms with Crippen molar-refractivity contribution in [2.24, 2.45) is 10.9 Å². The highest BCUT2D eigenvalue weighted by molar-refractivity contribution is 6.32. The maximum atomic E-state index is 6.48. The Hall–Kier alpha value is -3.53. The van der Waals surface area contributed by atoms with Crippen molar-refractivity contribution in [1.29, 1.82) is 0 Å². The van der Waals surface area contributed by atoms with E-state index >= 15 is 0 Å². The average molecular weight is 540 g/mol. The van der Waals surface area contributed by atoms with E-state index in [9.17, 15) is 0 Å². The number of anilines is 1. The minimum absolute atomic E-state index is 0.278. The van der Waals surface area contributed by atoms with Gasteiger partial charge in [-0.15, -0.1) is 0 Å². The molecular weight excluding hydrogens is 511 g/mol. The van der Waals surface area contributed by atoms with Crippen LogP contribution in [-0.2, 0) is 6.61 Å². The molecule has 3 nitrogen and oxygen atoms in total. The molecule has 1 aliphatic heterocycles. The van der Waals surface area contributed by atoms with Gasteiger partial charge in [-0.2, -0.15) is 0 Å². The van der Waals surface area contributed by atoms with Crippen molar-refractivity contribution >= 4 is 40.8 Å². The first-order valence-corrected chi connectivity index (χ1v) is 13.6. The first-order valence-electron chi connectivity index (χ1n) is 12.9. The smallest absolute Gasteiger partial charge is 0.138 e. The summed E-state index contributed by atoms with van der Waals surface area (Å²) in [5.74, 6) is 1.61. The van der Waals surface area contributed by atoms with Crippen LogP contribution < -0.4 is 10.1 Å². The molecule has 0 amide bonds. The van der Waals surface area contributed by atoms with E-state index in [1.165, 1.54) is 22.4 Å². The molecule has 0 bridgehead atoms. The zero-order valence-corrected chi connectivity index (χ0v) is 22.6. The maximum absolute atomic E-state index is 6.48. The molecule has 3 atom stereocenters. The van der Waals surface area contributed by atoms with Gasteiger partial charge >= 0.3 is 0 Å². The summed E-state index contributed by atoms with van der Waals surface area (Å²) in [5.41, 5.74) is 7.98. The fourth-order valence-corrected chi connectivity index (χ4v) is 5.88. The molecule has 0 radical (unpaired) electrons. The normalized spacial score (nSPS) is 19.7. The van der Waals surface area contributed by atoms with E-state index in [0.29, 0.717) is 34.2 Å². The number of nitrogens with zero attached hydrogens (tertiary/aromatic N) is 1. The number of hydrogen-bond donors (Lipinski definition) is 1. The number of benzene rings is 4. The first kappa shape index (κ1) is 24.8. The third kappa shape index (κ3) is 5.09. The highest BCUT2D eigenvalue weighted by Gasteiger charge is 2.37. The van der Waals surface area contributed by atoms with Crippen LogP contribution in [0.3, 0.4) is 0 Å². The molecule has 0 saturated heterocycles. The van der Waals surface area contributed by atoms with Crippen molar-refractivity contribution in [1.82, 2.24) is 0 Å². The number of ether oxygens (including phenoxy) is 1. The summed E-state index contributed by atoms with van der Waals surface area (Å²) in [6.45, 7) is 2.52. The Balaban J connectivity index is 1.13. The van der Waals surface area contributed by atoms with Crippen LogP contribution in [0.2, 0.25) is 10.0 Å². The lowest BCUT2D eigenvalue weighted by molar-refractivity contribution is 0.306. The van der Waals surface area contributed by atoms with Gasteiger partial charge in [-0.1, -0.05) is 83.4 Å². The average Bonchev–Trinajstić information content (AvgIpc) is 3.43. The van der Waals surface area contributed by atoms with Gasteiger partial charge in [0.25, 0.3) is 0 Å². The molecule has 4 aromatic carbocycles. The van der Waals surface area contributed by atoms with Gasteiger partial charge in [0, 0.05) is 28.4 Å². The van der Waals surface area contributed by atoms with Crippen molar-refractivity contribution < 1.29 is 4.74 Å². The van der Waals surface area contributed by atoms with Gasteiger partial charge in [0.15, 0.2) is 0 Å². The Labute approximate surface area is 233 Å². The quantitative estimate of drug-likeness (QED) is 0.196. The topological polar surface area (TPSA) is 33.6 Å². The summed E-state index contributed by atoms with van der Waals surface area (Å²) in [6.07, 6.45) is 7.63. The molecule has 0 unspecified atom stereocenters. The summed E-state index contributed by atoms with van der Waals surface area (Å²) in [7, 11) is 0. The van der Waals surface area contributed by atoms with Crippen LogP contribution in [-0.4, -0.2) is 6.21 Å². The van der Waals surface area contributed by atoms with Gasteiger partial charge in [-0.25, -0.2) is 0 Å². The van der Waals surface area contributed by atoms with Crippen LogP contribution in [0.1, 0.15) is 46.2 Å². The van der Waals surface area contributed by atoms with Crippen molar-refractivity contribution in [3.05, 3.63) is 135 Å². The third-order valence-electron chi connectivity index (χ3n) is 7.43. The van der Waals surface area contributed by atoms with E-state index in [0.717, 1.165) is 23.2 Å². The van der Waals surface area contributed by atoms with E-state index in [-0.39, 0.29) is 6.04 Å². The Kier molecular flexibility index (Phi) is 6.97. The molecule has 0 fully saturated rings. The number of nitrogens with one attached hydrogen (secondary N) is 1. The molecule has 0 saturated carbocycles. The Morgan fingerprint density at radius 3 is 2.61 bits per heavy atom. The molecule has 190 valence electrons. The molecule has 4 aromatic rings. The highest BCUT2D eigenvalue weighted by Crippen LogP contribution is 2.50. The van der Waals surface area contributed by atoms with Crippen molar-refractivity contribution in [3.63, 3.8) is 0 Å². The second-order valence-electron chi connectivity index (χ2n) is 9.99. The van der Waals surface area contributed by atoms with Crippen LogP contribution in [0.25, 0.3) is 0 Å². The van der Waals surface area contributed by atoms with E-state index in [1.54, 1.807) is 0 Å². The fraction of sp³-hybridized carbons (Fsp3) is 0.182. The van der Waals surface area contributed by atoms with Crippen molar-refractivity contribution in [2.45, 2.75) is 31.9 Å². The van der Waals surface area contributed by atoms with E-state index in [2.05, 4.69) is 71.8 Å². The molecule has 38 heavy (non-hydrogen) atoms. The number of allylic oxidation sites excluding steroid dienone is 2. The predicted molar refractivity (Wildman–Crippen MR) is 158 cm³/mol. The Bertz CT molecular complexity index is 1530. The van der Waals surface area contributed by atoms with Crippen LogP contribution in [0, 0.1) is 12.8 Å². The molecule has 1 aliphatic carbocycles. The van der Waals surface area contributed by atoms with Crippen LogP contribution in [0.5, 0.6) is 5.75 Å². The lowest BCUT2D eigenvalue weighted by Crippen LogP contribution is -2.29. The van der Waals surface area contributed by atoms with Gasteiger partial charge in [0.05, 0.1) is 16.8 Å². The number of aliphatic imine (C=N–C) groups is 1. The summed E-state index contributed by atoms with van der Waals surface area (Å²) >= 11 is 12.7. The number of rotatable bonds is 6. The molecule has 0 aromatic heterocycles. The Morgan fingerprint density at radius 2 is 1.79 bits per heavy atom. The molecule has 6 rings (SSSR count). The number of aryl methyl sites for hydroxylation is 1. The lowest BCUT2D eigenvalue weighted by atomic mass is 9.76. The molecule has 1 N–H and O–H groups in total. The third-order valence-corrected chi connectivity index (χ3v) is 8.09. The highest BCUT2D eigenvalue weighted by atomic mass is 35.5. The lowest BCUT2D eigenvalue weighted by Gasteiger charge is -2.37. The maximum Gasteiger partial charge on any atom is 0.138 e. The number of fused-ring (bicyclic) bond motifs is 3. The number of hydrogen-bond acceptors (Lipinski definition) is 3. The standard InChI is InChI=1S/C33H28Cl2N2O/c1-21-9-15-31-28(17-21)26-6-4-7-27(26)33(37-31)23-11-13-25(14-12-23)36-19-22-10-16-32(30(35)18-22)38-20-24-5-2-3-8-29(24)34/h2-6,8-19,26-27,33,37H,7,20H2,1H3/t26-,27-,33-/m1/s1. The predicted octanol–water partition coefficient (Wildman–Crippen LogP) is 9.46. The zero-order chi connectivity index (χ0) is 26.1. The summed E-state index contributed by atoms with van der Waals surface area (Å²) in [6, 6.07) is 28.9. The summed E-state index contributed by atoms with van der Waals surface area (Å²) < 4.78 is 5.88. The largest absolute Gasteiger partial charge is 0.487 e. The van der Waals surface area contributed by atoms with Gasteiger partial charge in [0.2, 0.25) is 0 Å². The van der Waals surface area contributed by atoms with Crippen molar-refractivity contribution in [3.8, 4) is 5.75 Å². The molecule has 1 heterocycles. The van der Waals surface area contributed by atoms with Crippen LogP contribution in [0.15, 0.2) is 102 Å². The van der Waals surface area contributed by atoms with Crippen LogP contribution >= 0.6 is 23.2 Å². The van der Waals surface area contributed by atoms with Crippen molar-refractivity contribution in [2.75, 3.05) is 5.32 Å². The SMILES string of the molecule is Cc1ccc2c(c1)[C@@H]1C=CC[C@H]1[C@@H](c1ccc(N=Cc3ccc(OCc4ccccc4Cl)c(Cl)c3)cc1)N2. The van der Waals surface area contributed by atoms with E-state index in [1.807, 2.05) is 48.7 Å². The van der Waals surface area contributed by atoms with E-state index in [4.69, 9.17) is 27.9 Å². The Morgan fingerprint density at radius 1 is 0.947 bits per heavy atom. The zero-order valence-electron chi connectivity index (χ0n) is 21.1. The number of halogens is 2. The molecule has 0 spiro atoms. The van der Waals surface area contributed by atoms with E-state index < -0.39 is 0 Å². The van der Waals surface area contributed by atoms with Gasteiger partial charge in [-0.05, 0) is 78.4 Å². The van der Waals surface area contributed by atoms with Crippen LogP contribution in [0.4, 0.5) is 11.4 Å². The minimum Gasteiger partial charge on any atom is -0.487 e. The first-order chi connectivity index (χ1) is 18.5. The molecular formula is C33H28Cl2N2O. The minimum atomic E-state index is 0.278. The monoisotopic (exact) mass is 538 g/mol. The van der Waals surface area contributed by atoms with Gasteiger partial charge in [-0.3, -0.25) is 4.99 Å².